The molecule has 2 heteroatoms. The van der Waals surface area contributed by atoms with Gasteiger partial charge in [0.25, 0.3) is 0 Å². The normalized spacial score (nSPS) is 28.8. The third-order valence-electron chi connectivity index (χ3n) is 1.98. The van der Waals surface area contributed by atoms with E-state index in [2.05, 4.69) is 18.9 Å². The first-order valence-corrected chi connectivity index (χ1v) is 4.13. The van der Waals surface area contributed by atoms with Crippen molar-refractivity contribution in [2.24, 2.45) is 0 Å². The summed E-state index contributed by atoms with van der Waals surface area (Å²) in [5.74, 6) is 0. The summed E-state index contributed by atoms with van der Waals surface area (Å²) in [5, 5.41) is 0. The van der Waals surface area contributed by atoms with Crippen molar-refractivity contribution in [2.75, 3.05) is 26.7 Å². The van der Waals surface area contributed by atoms with Gasteiger partial charge in [-0.25, -0.2) is 0 Å². The zero-order chi connectivity index (χ0) is 7.40. The van der Waals surface area contributed by atoms with Crippen molar-refractivity contribution in [3.8, 4) is 0 Å². The summed E-state index contributed by atoms with van der Waals surface area (Å²) in [7, 11) is 2.16. The van der Waals surface area contributed by atoms with Crippen LogP contribution in [0.15, 0.2) is 0 Å². The molecule has 60 valence electrons. The third-order valence-corrected chi connectivity index (χ3v) is 1.98. The molecular weight excluding hydrogens is 126 g/mol. The molecule has 2 nitrogen and oxygen atoms in total. The summed E-state index contributed by atoms with van der Waals surface area (Å²) in [5.41, 5.74) is 0. The minimum atomic E-state index is 0.503. The monoisotopic (exact) mass is 143 g/mol. The molecule has 1 rings (SSSR count). The first kappa shape index (κ1) is 8.02. The standard InChI is InChI=1S/C8H17NO/c1-3-10-8-5-4-6-9(2)7-8/h8H,3-7H2,1-2H3. The molecule has 0 spiro atoms. The van der Waals surface area contributed by atoms with E-state index in [0.29, 0.717) is 6.10 Å². The minimum absolute atomic E-state index is 0.503. The van der Waals surface area contributed by atoms with Crippen LogP contribution in [0.4, 0.5) is 0 Å². The fourth-order valence-corrected chi connectivity index (χ4v) is 1.49. The summed E-state index contributed by atoms with van der Waals surface area (Å²) in [6.07, 6.45) is 3.04. The molecular formula is C8H17NO. The molecule has 1 saturated heterocycles. The van der Waals surface area contributed by atoms with Crippen molar-refractivity contribution in [3.63, 3.8) is 0 Å². The highest BCUT2D eigenvalue weighted by molar-refractivity contribution is 4.69. The largest absolute Gasteiger partial charge is 0.377 e. The van der Waals surface area contributed by atoms with E-state index in [1.165, 1.54) is 19.4 Å². The molecule has 1 aliphatic rings. The molecule has 0 bridgehead atoms. The molecule has 10 heavy (non-hydrogen) atoms. The lowest BCUT2D eigenvalue weighted by atomic mass is 10.1. The van der Waals surface area contributed by atoms with Crippen LogP contribution in [0.3, 0.4) is 0 Å². The molecule has 0 radical (unpaired) electrons. The van der Waals surface area contributed by atoms with Crippen molar-refractivity contribution < 1.29 is 4.74 Å². The molecule has 1 atom stereocenters. The van der Waals surface area contributed by atoms with E-state index < -0.39 is 0 Å². The van der Waals surface area contributed by atoms with Crippen molar-refractivity contribution in [1.82, 2.24) is 4.90 Å². The highest BCUT2D eigenvalue weighted by Crippen LogP contribution is 2.10. The van der Waals surface area contributed by atoms with Gasteiger partial charge in [-0.1, -0.05) is 0 Å². The van der Waals surface area contributed by atoms with Crippen LogP contribution in [0.25, 0.3) is 0 Å². The summed E-state index contributed by atoms with van der Waals surface area (Å²) >= 11 is 0. The van der Waals surface area contributed by atoms with Gasteiger partial charge in [0.15, 0.2) is 0 Å². The predicted octanol–water partition coefficient (Wildman–Crippen LogP) is 1.12. The number of ether oxygens (including phenoxy) is 1. The van der Waals surface area contributed by atoms with Crippen molar-refractivity contribution >= 4 is 0 Å². The second-order valence-electron chi connectivity index (χ2n) is 2.98. The summed E-state index contributed by atoms with van der Waals surface area (Å²) < 4.78 is 5.51. The van der Waals surface area contributed by atoms with E-state index in [9.17, 15) is 0 Å². The first-order chi connectivity index (χ1) is 4.83. The van der Waals surface area contributed by atoms with Gasteiger partial charge in [-0.05, 0) is 33.4 Å². The Morgan fingerprint density at radius 3 is 3.00 bits per heavy atom. The summed E-state index contributed by atoms with van der Waals surface area (Å²) in [6.45, 7) is 5.28. The Balaban J connectivity index is 2.18. The number of hydrogen-bond acceptors (Lipinski definition) is 2. The lowest BCUT2D eigenvalue weighted by molar-refractivity contribution is 0.0133. The van der Waals surface area contributed by atoms with Gasteiger partial charge in [0.2, 0.25) is 0 Å². The van der Waals surface area contributed by atoms with E-state index in [1.54, 1.807) is 0 Å². The zero-order valence-electron chi connectivity index (χ0n) is 6.97. The van der Waals surface area contributed by atoms with Crippen LogP contribution < -0.4 is 0 Å². The Hall–Kier alpha value is -0.0800. The van der Waals surface area contributed by atoms with Crippen molar-refractivity contribution in [3.05, 3.63) is 0 Å². The Morgan fingerprint density at radius 1 is 1.60 bits per heavy atom. The van der Waals surface area contributed by atoms with Gasteiger partial charge in [-0.15, -0.1) is 0 Å². The van der Waals surface area contributed by atoms with E-state index in [0.717, 1.165) is 13.2 Å². The molecule has 0 aromatic rings. The highest BCUT2D eigenvalue weighted by Gasteiger charge is 2.16. The van der Waals surface area contributed by atoms with Crippen LogP contribution in [0, 0.1) is 0 Å². The topological polar surface area (TPSA) is 12.5 Å². The first-order valence-electron chi connectivity index (χ1n) is 4.13. The number of nitrogens with zero attached hydrogens (tertiary/aromatic N) is 1. The summed E-state index contributed by atoms with van der Waals surface area (Å²) in [4.78, 5) is 2.34. The van der Waals surface area contributed by atoms with E-state index in [-0.39, 0.29) is 0 Å². The molecule has 1 fully saturated rings. The van der Waals surface area contributed by atoms with Crippen LogP contribution in [-0.2, 0) is 4.74 Å². The van der Waals surface area contributed by atoms with Crippen LogP contribution in [-0.4, -0.2) is 37.7 Å². The van der Waals surface area contributed by atoms with Crippen LogP contribution >= 0.6 is 0 Å². The summed E-state index contributed by atoms with van der Waals surface area (Å²) in [6, 6.07) is 0. The maximum atomic E-state index is 5.51. The second-order valence-corrected chi connectivity index (χ2v) is 2.98. The third kappa shape index (κ3) is 2.27. The Morgan fingerprint density at radius 2 is 2.40 bits per heavy atom. The highest BCUT2D eigenvalue weighted by atomic mass is 16.5. The molecule has 0 aromatic carbocycles. The Bertz CT molecular complexity index is 93.3. The molecule has 0 aliphatic carbocycles. The van der Waals surface area contributed by atoms with Crippen LogP contribution in [0.2, 0.25) is 0 Å². The van der Waals surface area contributed by atoms with Gasteiger partial charge in [0, 0.05) is 13.2 Å². The van der Waals surface area contributed by atoms with Gasteiger partial charge in [-0.2, -0.15) is 0 Å². The molecule has 0 aromatic heterocycles. The SMILES string of the molecule is CCOC1CCCN(C)C1. The lowest BCUT2D eigenvalue weighted by Crippen LogP contribution is -2.36. The molecule has 1 heterocycles. The van der Waals surface area contributed by atoms with Gasteiger partial charge in [-0.3, -0.25) is 0 Å². The predicted molar refractivity (Wildman–Crippen MR) is 42.1 cm³/mol. The van der Waals surface area contributed by atoms with Gasteiger partial charge >= 0.3 is 0 Å². The van der Waals surface area contributed by atoms with E-state index >= 15 is 0 Å². The van der Waals surface area contributed by atoms with Crippen LogP contribution in [0.1, 0.15) is 19.8 Å². The van der Waals surface area contributed by atoms with E-state index in [1.807, 2.05) is 0 Å². The van der Waals surface area contributed by atoms with Crippen LogP contribution in [0.5, 0.6) is 0 Å². The molecule has 0 amide bonds. The number of likely N-dealkylation sites (N-methyl/N-ethyl adjacent to an activating group) is 1. The van der Waals surface area contributed by atoms with Crippen molar-refractivity contribution in [2.45, 2.75) is 25.9 Å². The quantitative estimate of drug-likeness (QED) is 0.574. The molecule has 1 aliphatic heterocycles. The maximum Gasteiger partial charge on any atom is 0.0702 e. The number of hydrogen-bond donors (Lipinski definition) is 0. The Kier molecular flexibility index (Phi) is 3.16. The average Bonchev–Trinajstić information content (AvgIpc) is 1.88. The second kappa shape index (κ2) is 3.94. The lowest BCUT2D eigenvalue weighted by Gasteiger charge is -2.29. The molecule has 1 unspecified atom stereocenters. The van der Waals surface area contributed by atoms with Crippen molar-refractivity contribution in [1.29, 1.82) is 0 Å². The van der Waals surface area contributed by atoms with E-state index in [4.69, 9.17) is 4.74 Å². The molecule has 0 N–H and O–H groups in total. The smallest absolute Gasteiger partial charge is 0.0702 e. The van der Waals surface area contributed by atoms with Gasteiger partial charge in [0.1, 0.15) is 0 Å². The molecule has 0 saturated carbocycles. The zero-order valence-corrected chi connectivity index (χ0v) is 6.97. The maximum absolute atomic E-state index is 5.51. The number of rotatable bonds is 2. The van der Waals surface area contributed by atoms with Gasteiger partial charge in [0.05, 0.1) is 6.10 Å². The minimum Gasteiger partial charge on any atom is -0.377 e. The van der Waals surface area contributed by atoms with Gasteiger partial charge < -0.3 is 9.64 Å². The Labute approximate surface area is 63.2 Å². The average molecular weight is 143 g/mol. The fourth-order valence-electron chi connectivity index (χ4n) is 1.49. The number of piperidine rings is 1. The fraction of sp³-hybridized carbons (Fsp3) is 1.00. The number of likely N-dealkylation sites (tertiary alicyclic amines) is 1.